The van der Waals surface area contributed by atoms with Crippen molar-refractivity contribution in [3.63, 3.8) is 0 Å². The molecule has 1 saturated heterocycles. The highest BCUT2D eigenvalue weighted by atomic mass is 19.1. The summed E-state index contributed by atoms with van der Waals surface area (Å²) in [7, 11) is 0. The predicted molar refractivity (Wildman–Crippen MR) is 79.3 cm³/mol. The van der Waals surface area contributed by atoms with Crippen molar-refractivity contribution < 1.29 is 9.50 Å². The number of nitrogens with zero attached hydrogens (tertiary/aromatic N) is 1. The molecule has 4 heteroatoms. The van der Waals surface area contributed by atoms with Crippen LogP contribution in [0.5, 0.6) is 5.75 Å². The number of nitrogens with one attached hydrogen (secondary N) is 1. The highest BCUT2D eigenvalue weighted by molar-refractivity contribution is 5.32. The van der Waals surface area contributed by atoms with E-state index >= 15 is 0 Å². The lowest BCUT2D eigenvalue weighted by Crippen LogP contribution is -2.43. The fraction of sp³-hybridized carbons (Fsp3) is 0.625. The molecule has 112 valence electrons. The van der Waals surface area contributed by atoms with Crippen molar-refractivity contribution in [2.24, 2.45) is 0 Å². The fourth-order valence-electron chi connectivity index (χ4n) is 2.86. The number of benzene rings is 1. The molecule has 1 aromatic rings. The quantitative estimate of drug-likeness (QED) is 0.841. The van der Waals surface area contributed by atoms with E-state index in [-0.39, 0.29) is 11.6 Å². The van der Waals surface area contributed by atoms with E-state index in [0.29, 0.717) is 18.2 Å². The lowest BCUT2D eigenvalue weighted by Gasteiger charge is -2.30. The summed E-state index contributed by atoms with van der Waals surface area (Å²) in [5.74, 6) is -0.103. The van der Waals surface area contributed by atoms with E-state index in [2.05, 4.69) is 17.1 Å². The summed E-state index contributed by atoms with van der Waals surface area (Å²) in [4.78, 5) is 2.30. The number of aromatic hydroxyl groups is 1. The Morgan fingerprint density at radius 2 is 2.25 bits per heavy atom. The van der Waals surface area contributed by atoms with Gasteiger partial charge in [0, 0.05) is 24.7 Å². The zero-order chi connectivity index (χ0) is 14.4. The topological polar surface area (TPSA) is 35.5 Å². The molecule has 0 saturated carbocycles. The number of hydrogen-bond donors (Lipinski definition) is 2. The molecule has 1 aromatic carbocycles. The second kappa shape index (κ2) is 7.60. The number of hydrogen-bond acceptors (Lipinski definition) is 3. The van der Waals surface area contributed by atoms with Crippen LogP contribution in [-0.4, -0.2) is 35.7 Å². The van der Waals surface area contributed by atoms with Crippen molar-refractivity contribution >= 4 is 0 Å². The van der Waals surface area contributed by atoms with Gasteiger partial charge in [-0.25, -0.2) is 4.39 Å². The smallest absolute Gasteiger partial charge is 0.123 e. The van der Waals surface area contributed by atoms with Gasteiger partial charge < -0.3 is 10.4 Å². The molecule has 0 bridgehead atoms. The molecule has 0 amide bonds. The van der Waals surface area contributed by atoms with Crippen molar-refractivity contribution in [3.8, 4) is 5.75 Å². The largest absolute Gasteiger partial charge is 0.508 e. The first-order valence-corrected chi connectivity index (χ1v) is 7.62. The Bertz CT molecular complexity index is 419. The first kappa shape index (κ1) is 15.3. The van der Waals surface area contributed by atoms with Gasteiger partial charge in [-0.3, -0.25) is 4.90 Å². The normalized spacial score (nSPS) is 19.4. The van der Waals surface area contributed by atoms with Crippen molar-refractivity contribution in [1.29, 1.82) is 0 Å². The third kappa shape index (κ3) is 4.46. The van der Waals surface area contributed by atoms with Gasteiger partial charge in [0.25, 0.3) is 0 Å². The average Bonchev–Trinajstić information content (AvgIpc) is 2.44. The van der Waals surface area contributed by atoms with Gasteiger partial charge in [-0.15, -0.1) is 0 Å². The van der Waals surface area contributed by atoms with Crippen LogP contribution in [0.3, 0.4) is 0 Å². The molecule has 0 radical (unpaired) electrons. The molecular weight excluding hydrogens is 255 g/mol. The van der Waals surface area contributed by atoms with Gasteiger partial charge >= 0.3 is 0 Å². The van der Waals surface area contributed by atoms with Crippen LogP contribution in [0.2, 0.25) is 0 Å². The highest BCUT2D eigenvalue weighted by Crippen LogP contribution is 2.20. The molecule has 1 aliphatic rings. The molecule has 0 aromatic heterocycles. The van der Waals surface area contributed by atoms with E-state index in [0.717, 1.165) is 26.1 Å². The maximum absolute atomic E-state index is 13.3. The number of halogens is 1. The lowest BCUT2D eigenvalue weighted by molar-refractivity contribution is 0.215. The number of rotatable bonds is 6. The van der Waals surface area contributed by atoms with Gasteiger partial charge in [-0.05, 0) is 50.6 Å². The maximum atomic E-state index is 13.3. The minimum absolute atomic E-state index is 0.184. The zero-order valence-electron chi connectivity index (χ0n) is 12.2. The third-order valence-corrected chi connectivity index (χ3v) is 3.87. The Balaban J connectivity index is 1.98. The molecule has 3 nitrogen and oxygen atoms in total. The van der Waals surface area contributed by atoms with E-state index in [4.69, 9.17) is 0 Å². The molecule has 0 aliphatic carbocycles. The van der Waals surface area contributed by atoms with Crippen LogP contribution >= 0.6 is 0 Å². The van der Waals surface area contributed by atoms with Crippen LogP contribution in [0.1, 0.15) is 38.2 Å². The molecule has 2 N–H and O–H groups in total. The van der Waals surface area contributed by atoms with Crippen LogP contribution in [0, 0.1) is 5.82 Å². The Hall–Kier alpha value is -1.13. The van der Waals surface area contributed by atoms with E-state index < -0.39 is 0 Å². The van der Waals surface area contributed by atoms with Crippen LogP contribution in [0.25, 0.3) is 0 Å². The van der Waals surface area contributed by atoms with Crippen LogP contribution < -0.4 is 5.32 Å². The highest BCUT2D eigenvalue weighted by Gasteiger charge is 2.17. The minimum Gasteiger partial charge on any atom is -0.508 e. The second-order valence-electron chi connectivity index (χ2n) is 5.65. The van der Waals surface area contributed by atoms with Gasteiger partial charge in [0.2, 0.25) is 0 Å². The molecule has 0 spiro atoms. The molecule has 1 heterocycles. The van der Waals surface area contributed by atoms with Gasteiger partial charge in [0.1, 0.15) is 11.6 Å². The molecule has 1 unspecified atom stereocenters. The summed E-state index contributed by atoms with van der Waals surface area (Å²) in [6, 6.07) is 4.69. The van der Waals surface area contributed by atoms with E-state index in [9.17, 15) is 9.50 Å². The van der Waals surface area contributed by atoms with Crippen molar-refractivity contribution in [2.75, 3.05) is 19.6 Å². The molecule has 1 fully saturated rings. The maximum Gasteiger partial charge on any atom is 0.123 e. The molecule has 1 aliphatic heterocycles. The van der Waals surface area contributed by atoms with E-state index in [1.807, 2.05) is 0 Å². The first-order valence-electron chi connectivity index (χ1n) is 7.62. The summed E-state index contributed by atoms with van der Waals surface area (Å²) in [5.41, 5.74) is 0.675. The monoisotopic (exact) mass is 280 g/mol. The van der Waals surface area contributed by atoms with Gasteiger partial charge in [-0.1, -0.05) is 13.3 Å². The van der Waals surface area contributed by atoms with E-state index in [1.54, 1.807) is 0 Å². The van der Waals surface area contributed by atoms with Crippen LogP contribution in [0.4, 0.5) is 4.39 Å². The molecule has 1 atom stereocenters. The van der Waals surface area contributed by atoms with Gasteiger partial charge in [0.15, 0.2) is 0 Å². The zero-order valence-corrected chi connectivity index (χ0v) is 12.2. The fourth-order valence-corrected chi connectivity index (χ4v) is 2.86. The number of phenols is 1. The molecule has 20 heavy (non-hydrogen) atoms. The van der Waals surface area contributed by atoms with Crippen LogP contribution in [-0.2, 0) is 6.54 Å². The Morgan fingerprint density at radius 3 is 2.95 bits per heavy atom. The Kier molecular flexibility index (Phi) is 5.80. The summed E-state index contributed by atoms with van der Waals surface area (Å²) in [6.45, 7) is 5.77. The minimum atomic E-state index is -0.287. The Labute approximate surface area is 120 Å². The summed E-state index contributed by atoms with van der Waals surface area (Å²) in [5, 5.41) is 13.4. The standard InChI is InChI=1S/C16H25FN2O/c1-2-9-19(12-15-5-3-4-8-18-15)11-13-10-14(17)6-7-16(13)20/h6-7,10,15,18,20H,2-5,8-9,11-12H2,1H3. The summed E-state index contributed by atoms with van der Waals surface area (Å²) < 4.78 is 13.3. The average molecular weight is 280 g/mol. The van der Waals surface area contributed by atoms with E-state index in [1.165, 1.54) is 37.5 Å². The van der Waals surface area contributed by atoms with Crippen molar-refractivity contribution in [3.05, 3.63) is 29.6 Å². The third-order valence-electron chi connectivity index (χ3n) is 3.87. The first-order chi connectivity index (χ1) is 9.69. The molecular formula is C16H25FN2O. The predicted octanol–water partition coefficient (Wildman–Crippen LogP) is 2.89. The number of piperidine rings is 1. The Morgan fingerprint density at radius 1 is 1.40 bits per heavy atom. The SMILES string of the molecule is CCCN(Cc1cc(F)ccc1O)CC1CCCCN1. The number of phenolic OH excluding ortho intramolecular Hbond substituents is 1. The summed E-state index contributed by atoms with van der Waals surface area (Å²) in [6.07, 6.45) is 4.80. The van der Waals surface area contributed by atoms with Gasteiger partial charge in [-0.2, -0.15) is 0 Å². The van der Waals surface area contributed by atoms with Crippen LogP contribution in [0.15, 0.2) is 18.2 Å². The lowest BCUT2D eigenvalue weighted by atomic mass is 10.0. The molecule has 2 rings (SSSR count). The summed E-state index contributed by atoms with van der Waals surface area (Å²) >= 11 is 0. The van der Waals surface area contributed by atoms with Crippen molar-refractivity contribution in [1.82, 2.24) is 10.2 Å². The van der Waals surface area contributed by atoms with Crippen molar-refractivity contribution in [2.45, 2.75) is 45.2 Å². The van der Waals surface area contributed by atoms with Gasteiger partial charge in [0.05, 0.1) is 0 Å². The second-order valence-corrected chi connectivity index (χ2v) is 5.65.